The van der Waals surface area contributed by atoms with Gasteiger partial charge in [0.15, 0.2) is 9.84 Å². The van der Waals surface area contributed by atoms with Gasteiger partial charge in [0.2, 0.25) is 5.91 Å². The summed E-state index contributed by atoms with van der Waals surface area (Å²) in [7, 11) is -3.00. The number of nitrogens with one attached hydrogen (secondary N) is 1. The first kappa shape index (κ1) is 10.8. The smallest absolute Gasteiger partial charge is 0.242 e. The summed E-state index contributed by atoms with van der Waals surface area (Å²) in [6.07, 6.45) is 0. The minimum atomic E-state index is -3.00. The second-order valence-electron chi connectivity index (χ2n) is 3.94. The molecule has 0 aliphatic carbocycles. The zero-order chi connectivity index (χ0) is 11.1. The van der Waals surface area contributed by atoms with Crippen molar-refractivity contribution in [1.29, 1.82) is 0 Å². The van der Waals surface area contributed by atoms with Gasteiger partial charge in [-0.1, -0.05) is 0 Å². The van der Waals surface area contributed by atoms with Gasteiger partial charge in [0.1, 0.15) is 6.04 Å². The largest absolute Gasteiger partial charge is 0.394 e. The summed E-state index contributed by atoms with van der Waals surface area (Å²) < 4.78 is 22.7. The molecule has 0 radical (unpaired) electrons. The van der Waals surface area contributed by atoms with E-state index in [4.69, 9.17) is 5.11 Å². The number of carbonyl (C=O) groups is 1. The predicted octanol–water partition coefficient (Wildman–Crippen LogP) is -2.42. The molecule has 86 valence electrons. The Kier molecular flexibility index (Phi) is 2.70. The molecule has 2 aliphatic rings. The summed E-state index contributed by atoms with van der Waals surface area (Å²) in [5, 5.41) is 11.8. The Hall–Kier alpha value is -0.660. The summed E-state index contributed by atoms with van der Waals surface area (Å²) >= 11 is 0. The predicted molar refractivity (Wildman–Crippen MR) is 53.0 cm³/mol. The maximum atomic E-state index is 11.7. The first-order valence-corrected chi connectivity index (χ1v) is 6.71. The van der Waals surface area contributed by atoms with Crippen molar-refractivity contribution in [2.45, 2.75) is 12.1 Å². The van der Waals surface area contributed by atoms with E-state index >= 15 is 0 Å². The highest BCUT2D eigenvalue weighted by Gasteiger charge is 2.40. The Morgan fingerprint density at radius 1 is 1.53 bits per heavy atom. The van der Waals surface area contributed by atoms with Gasteiger partial charge in [-0.2, -0.15) is 0 Å². The molecule has 2 saturated heterocycles. The van der Waals surface area contributed by atoms with Crippen molar-refractivity contribution in [3.8, 4) is 0 Å². The molecule has 2 aliphatic heterocycles. The van der Waals surface area contributed by atoms with E-state index in [1.165, 1.54) is 0 Å². The number of amides is 1. The van der Waals surface area contributed by atoms with Crippen LogP contribution in [0.3, 0.4) is 0 Å². The molecule has 7 heteroatoms. The fourth-order valence-electron chi connectivity index (χ4n) is 2.05. The molecular weight excluding hydrogens is 220 g/mol. The number of hydrogen-bond acceptors (Lipinski definition) is 5. The van der Waals surface area contributed by atoms with Crippen LogP contribution in [0.2, 0.25) is 0 Å². The van der Waals surface area contributed by atoms with Crippen molar-refractivity contribution < 1.29 is 18.3 Å². The van der Waals surface area contributed by atoms with Gasteiger partial charge in [-0.05, 0) is 0 Å². The van der Waals surface area contributed by atoms with E-state index in [1.807, 2.05) is 0 Å². The maximum Gasteiger partial charge on any atom is 0.242 e. The molecule has 1 unspecified atom stereocenters. The van der Waals surface area contributed by atoms with Crippen LogP contribution < -0.4 is 5.32 Å². The molecule has 2 rings (SSSR count). The SMILES string of the molecule is O=C1[C@@H](CO)NCC2CS(=O)(=O)CCN12. The molecule has 2 heterocycles. The molecule has 2 atom stereocenters. The Balaban J connectivity index is 2.14. The summed E-state index contributed by atoms with van der Waals surface area (Å²) in [5.41, 5.74) is 0. The van der Waals surface area contributed by atoms with Crippen LogP contribution in [0.25, 0.3) is 0 Å². The zero-order valence-corrected chi connectivity index (χ0v) is 9.03. The molecule has 15 heavy (non-hydrogen) atoms. The van der Waals surface area contributed by atoms with E-state index in [0.717, 1.165) is 0 Å². The van der Waals surface area contributed by atoms with Crippen molar-refractivity contribution in [3.63, 3.8) is 0 Å². The Labute approximate surface area is 88.2 Å². The van der Waals surface area contributed by atoms with Crippen LogP contribution in [-0.2, 0) is 14.6 Å². The molecule has 0 aromatic heterocycles. The average molecular weight is 234 g/mol. The molecule has 0 saturated carbocycles. The average Bonchev–Trinajstić information content (AvgIpc) is 2.16. The van der Waals surface area contributed by atoms with Crippen LogP contribution in [0.1, 0.15) is 0 Å². The highest BCUT2D eigenvalue weighted by atomic mass is 32.2. The highest BCUT2D eigenvalue weighted by molar-refractivity contribution is 7.91. The monoisotopic (exact) mass is 234 g/mol. The van der Waals surface area contributed by atoms with Crippen molar-refractivity contribution in [3.05, 3.63) is 0 Å². The molecule has 0 spiro atoms. The topological polar surface area (TPSA) is 86.7 Å². The summed E-state index contributed by atoms with van der Waals surface area (Å²) in [6, 6.07) is -0.832. The molecule has 1 amide bonds. The number of carbonyl (C=O) groups excluding carboxylic acids is 1. The van der Waals surface area contributed by atoms with Gasteiger partial charge in [-0.25, -0.2) is 8.42 Å². The Morgan fingerprint density at radius 2 is 2.27 bits per heavy atom. The van der Waals surface area contributed by atoms with Crippen molar-refractivity contribution in [2.75, 3.05) is 31.2 Å². The third kappa shape index (κ3) is 1.99. The van der Waals surface area contributed by atoms with E-state index in [9.17, 15) is 13.2 Å². The second-order valence-corrected chi connectivity index (χ2v) is 6.17. The van der Waals surface area contributed by atoms with Gasteiger partial charge >= 0.3 is 0 Å². The van der Waals surface area contributed by atoms with Crippen LogP contribution in [0.5, 0.6) is 0 Å². The van der Waals surface area contributed by atoms with Crippen LogP contribution in [0.4, 0.5) is 0 Å². The van der Waals surface area contributed by atoms with Crippen LogP contribution in [0.15, 0.2) is 0 Å². The number of rotatable bonds is 1. The number of piperazine rings is 1. The summed E-state index contributed by atoms with van der Waals surface area (Å²) in [5.74, 6) is -0.124. The lowest BCUT2D eigenvalue weighted by Crippen LogP contribution is -2.65. The molecule has 6 nitrogen and oxygen atoms in total. The van der Waals surface area contributed by atoms with Gasteiger partial charge in [0, 0.05) is 13.1 Å². The molecule has 0 aromatic carbocycles. The number of aliphatic hydroxyl groups is 1. The summed E-state index contributed by atoms with van der Waals surface area (Å²) in [4.78, 5) is 13.3. The van der Waals surface area contributed by atoms with E-state index in [1.54, 1.807) is 4.90 Å². The molecular formula is C8H14N2O4S. The van der Waals surface area contributed by atoms with E-state index < -0.39 is 15.9 Å². The Bertz CT molecular complexity index is 367. The van der Waals surface area contributed by atoms with Crippen LogP contribution in [0, 0.1) is 0 Å². The molecule has 2 N–H and O–H groups in total. The van der Waals surface area contributed by atoms with E-state index in [0.29, 0.717) is 6.54 Å². The molecule has 0 aromatic rings. The van der Waals surface area contributed by atoms with E-state index in [2.05, 4.69) is 5.32 Å². The highest BCUT2D eigenvalue weighted by Crippen LogP contribution is 2.16. The number of aliphatic hydroxyl groups excluding tert-OH is 1. The Morgan fingerprint density at radius 3 is 2.93 bits per heavy atom. The van der Waals surface area contributed by atoms with Crippen molar-refractivity contribution in [1.82, 2.24) is 10.2 Å². The number of hydrogen-bond donors (Lipinski definition) is 2. The van der Waals surface area contributed by atoms with Gasteiger partial charge in [0.25, 0.3) is 0 Å². The lowest BCUT2D eigenvalue weighted by Gasteiger charge is -2.41. The standard InChI is InChI=1S/C8H14N2O4S/c11-4-7-8(12)10-1-2-15(13,14)5-6(10)3-9-7/h6-7,9,11H,1-5H2/t6?,7-/m1/s1. The van der Waals surface area contributed by atoms with Crippen molar-refractivity contribution >= 4 is 15.7 Å². The van der Waals surface area contributed by atoms with Gasteiger partial charge in [0.05, 0.1) is 24.2 Å². The normalized spacial score (nSPS) is 35.0. The minimum Gasteiger partial charge on any atom is -0.394 e. The number of fused-ring (bicyclic) bond motifs is 1. The first-order valence-electron chi connectivity index (χ1n) is 4.88. The van der Waals surface area contributed by atoms with Crippen LogP contribution >= 0.6 is 0 Å². The quantitative estimate of drug-likeness (QED) is 0.527. The first-order chi connectivity index (χ1) is 7.03. The number of nitrogens with zero attached hydrogens (tertiary/aromatic N) is 1. The fraction of sp³-hybridized carbons (Fsp3) is 0.875. The van der Waals surface area contributed by atoms with Crippen molar-refractivity contribution in [2.24, 2.45) is 0 Å². The fourth-order valence-corrected chi connectivity index (χ4v) is 3.58. The lowest BCUT2D eigenvalue weighted by molar-refractivity contribution is -0.139. The third-order valence-electron chi connectivity index (χ3n) is 2.89. The van der Waals surface area contributed by atoms with Gasteiger partial charge in [-0.3, -0.25) is 4.79 Å². The maximum absolute atomic E-state index is 11.7. The van der Waals surface area contributed by atoms with Gasteiger partial charge in [-0.15, -0.1) is 0 Å². The van der Waals surface area contributed by atoms with Crippen LogP contribution in [-0.4, -0.2) is 67.6 Å². The molecule has 0 bridgehead atoms. The second kappa shape index (κ2) is 3.73. The lowest BCUT2D eigenvalue weighted by atomic mass is 10.1. The zero-order valence-electron chi connectivity index (χ0n) is 8.22. The minimum absolute atomic E-state index is 0.0316. The summed E-state index contributed by atoms with van der Waals surface area (Å²) in [6.45, 7) is 0.453. The number of sulfone groups is 1. The van der Waals surface area contributed by atoms with Gasteiger partial charge < -0.3 is 15.3 Å². The third-order valence-corrected chi connectivity index (χ3v) is 4.59. The van der Waals surface area contributed by atoms with E-state index in [-0.39, 0.29) is 36.6 Å². The molecule has 2 fully saturated rings.